The molecule has 124 valence electrons. The number of amides is 1. The summed E-state index contributed by atoms with van der Waals surface area (Å²) < 4.78 is 31.0. The number of hydrogen-bond donors (Lipinski definition) is 1. The summed E-state index contributed by atoms with van der Waals surface area (Å²) in [6, 6.07) is 3.45. The second kappa shape index (κ2) is 7.58. The highest BCUT2D eigenvalue weighted by molar-refractivity contribution is 7.13. The zero-order valence-corrected chi connectivity index (χ0v) is 13.4. The van der Waals surface area contributed by atoms with Gasteiger partial charge in [-0.1, -0.05) is 0 Å². The van der Waals surface area contributed by atoms with Gasteiger partial charge < -0.3 is 14.7 Å². The lowest BCUT2D eigenvalue weighted by Crippen LogP contribution is -2.36. The van der Waals surface area contributed by atoms with Crippen molar-refractivity contribution in [3.05, 3.63) is 40.9 Å². The Bertz CT molecular complexity index is 693. The van der Waals surface area contributed by atoms with E-state index in [4.69, 9.17) is 4.74 Å². The number of carbonyl (C=O) groups excluding carboxylic acids is 1. The second-order valence-corrected chi connectivity index (χ2v) is 5.82. The van der Waals surface area contributed by atoms with Crippen molar-refractivity contribution in [3.8, 4) is 10.6 Å². The molecule has 0 unspecified atom stereocenters. The number of methoxy groups -OCH3 is 1. The van der Waals surface area contributed by atoms with Crippen LogP contribution in [0.1, 0.15) is 10.5 Å². The van der Waals surface area contributed by atoms with E-state index in [2.05, 4.69) is 4.98 Å². The standard InChI is InChI=1S/C15H16F2N2O3S/c1-19(6-10(20)7-22-2)15(21)13-8-23-14(18-13)9-3-4-11(16)12(17)5-9/h3-5,8,10,20H,6-7H2,1-2H3/t10-/m1/s1. The first-order valence-electron chi connectivity index (χ1n) is 6.75. The maximum absolute atomic E-state index is 13.3. The zero-order chi connectivity index (χ0) is 17.0. The van der Waals surface area contributed by atoms with Gasteiger partial charge in [0, 0.05) is 31.6 Å². The first-order valence-corrected chi connectivity index (χ1v) is 7.63. The first-order chi connectivity index (χ1) is 10.9. The lowest BCUT2D eigenvalue weighted by molar-refractivity contribution is 0.0378. The summed E-state index contributed by atoms with van der Waals surface area (Å²) in [6.45, 7) is 0.222. The minimum Gasteiger partial charge on any atom is -0.389 e. The maximum atomic E-state index is 13.3. The Morgan fingerprint density at radius 1 is 1.43 bits per heavy atom. The molecular weight excluding hydrogens is 326 g/mol. The molecule has 0 saturated heterocycles. The van der Waals surface area contributed by atoms with Crippen molar-refractivity contribution in [2.75, 3.05) is 27.3 Å². The van der Waals surface area contributed by atoms with E-state index in [1.165, 1.54) is 30.5 Å². The third-order valence-corrected chi connectivity index (χ3v) is 3.97. The molecule has 5 nitrogen and oxygen atoms in total. The molecule has 1 amide bonds. The van der Waals surface area contributed by atoms with Crippen LogP contribution in [-0.2, 0) is 4.74 Å². The molecule has 0 aliphatic rings. The normalized spacial score (nSPS) is 12.2. The van der Waals surface area contributed by atoms with Gasteiger partial charge in [0.05, 0.1) is 12.7 Å². The summed E-state index contributed by atoms with van der Waals surface area (Å²) in [5.41, 5.74) is 0.580. The fourth-order valence-electron chi connectivity index (χ4n) is 1.97. The van der Waals surface area contributed by atoms with Crippen molar-refractivity contribution in [3.63, 3.8) is 0 Å². The van der Waals surface area contributed by atoms with Gasteiger partial charge in [0.25, 0.3) is 5.91 Å². The predicted octanol–water partition coefficient (Wildman–Crippen LogP) is 2.17. The SMILES string of the molecule is COC[C@H](O)CN(C)C(=O)c1csc(-c2ccc(F)c(F)c2)n1. The molecule has 0 radical (unpaired) electrons. The van der Waals surface area contributed by atoms with Crippen LogP contribution in [0.5, 0.6) is 0 Å². The van der Waals surface area contributed by atoms with E-state index < -0.39 is 17.7 Å². The molecule has 0 fully saturated rings. The average Bonchev–Trinajstić information content (AvgIpc) is 2.99. The number of aliphatic hydroxyl groups excluding tert-OH is 1. The summed E-state index contributed by atoms with van der Waals surface area (Å²) in [5.74, 6) is -2.27. The molecule has 0 saturated carbocycles. The van der Waals surface area contributed by atoms with Gasteiger partial charge in [0.1, 0.15) is 10.7 Å². The number of likely N-dealkylation sites (N-methyl/N-ethyl adjacent to an activating group) is 1. The molecule has 0 spiro atoms. The van der Waals surface area contributed by atoms with Gasteiger partial charge in [0.15, 0.2) is 11.6 Å². The molecular formula is C15H16F2N2O3S. The number of halogens is 2. The Morgan fingerprint density at radius 3 is 2.83 bits per heavy atom. The number of benzene rings is 1. The molecule has 8 heteroatoms. The quantitative estimate of drug-likeness (QED) is 0.874. The van der Waals surface area contributed by atoms with Gasteiger partial charge in [0.2, 0.25) is 0 Å². The molecule has 2 rings (SSSR count). The van der Waals surface area contributed by atoms with Crippen molar-refractivity contribution in [2.45, 2.75) is 6.10 Å². The van der Waals surface area contributed by atoms with Crippen LogP contribution in [0, 0.1) is 11.6 Å². The van der Waals surface area contributed by atoms with Crippen LogP contribution < -0.4 is 0 Å². The van der Waals surface area contributed by atoms with Crippen LogP contribution in [0.2, 0.25) is 0 Å². The van der Waals surface area contributed by atoms with Gasteiger partial charge in [-0.05, 0) is 18.2 Å². The summed E-state index contributed by atoms with van der Waals surface area (Å²) in [7, 11) is 3.00. The molecule has 1 heterocycles. The summed E-state index contributed by atoms with van der Waals surface area (Å²) >= 11 is 1.16. The minimum absolute atomic E-state index is 0.102. The Hall–Kier alpha value is -1.90. The van der Waals surface area contributed by atoms with Crippen molar-refractivity contribution in [1.82, 2.24) is 9.88 Å². The van der Waals surface area contributed by atoms with E-state index >= 15 is 0 Å². The number of aromatic nitrogens is 1. The lowest BCUT2D eigenvalue weighted by atomic mass is 10.2. The van der Waals surface area contributed by atoms with Crippen LogP contribution >= 0.6 is 11.3 Å². The van der Waals surface area contributed by atoms with E-state index in [0.717, 1.165) is 23.5 Å². The maximum Gasteiger partial charge on any atom is 0.273 e. The molecule has 2 aromatic rings. The summed E-state index contributed by atoms with van der Waals surface area (Å²) in [6.07, 6.45) is -0.793. The van der Waals surface area contributed by atoms with E-state index in [1.807, 2.05) is 0 Å². The van der Waals surface area contributed by atoms with Crippen LogP contribution in [0.25, 0.3) is 10.6 Å². The predicted molar refractivity (Wildman–Crippen MR) is 82.3 cm³/mol. The fraction of sp³-hybridized carbons (Fsp3) is 0.333. The van der Waals surface area contributed by atoms with Gasteiger partial charge >= 0.3 is 0 Å². The van der Waals surface area contributed by atoms with Gasteiger partial charge in [-0.2, -0.15) is 0 Å². The molecule has 23 heavy (non-hydrogen) atoms. The average molecular weight is 342 g/mol. The molecule has 1 N–H and O–H groups in total. The number of thiazole rings is 1. The second-order valence-electron chi connectivity index (χ2n) is 4.96. The molecule has 1 aromatic carbocycles. The minimum atomic E-state index is -0.967. The van der Waals surface area contributed by atoms with Gasteiger partial charge in [-0.25, -0.2) is 13.8 Å². The third-order valence-electron chi connectivity index (χ3n) is 3.08. The Labute approximate surface area is 136 Å². The van der Waals surface area contributed by atoms with E-state index in [1.54, 1.807) is 0 Å². The van der Waals surface area contributed by atoms with Crippen LogP contribution in [0.3, 0.4) is 0 Å². The zero-order valence-electron chi connectivity index (χ0n) is 12.6. The van der Waals surface area contributed by atoms with Gasteiger partial charge in [-0.3, -0.25) is 4.79 Å². The van der Waals surface area contributed by atoms with Crippen LogP contribution in [0.4, 0.5) is 8.78 Å². The van der Waals surface area contributed by atoms with Crippen LogP contribution in [0.15, 0.2) is 23.6 Å². The lowest BCUT2D eigenvalue weighted by Gasteiger charge is -2.19. The largest absolute Gasteiger partial charge is 0.389 e. The molecule has 0 bridgehead atoms. The van der Waals surface area contributed by atoms with E-state index in [-0.39, 0.29) is 24.8 Å². The van der Waals surface area contributed by atoms with Crippen LogP contribution in [-0.4, -0.2) is 54.3 Å². The number of rotatable bonds is 6. The van der Waals surface area contributed by atoms with E-state index in [9.17, 15) is 18.7 Å². The highest BCUT2D eigenvalue weighted by atomic mass is 32.1. The molecule has 1 aromatic heterocycles. The summed E-state index contributed by atoms with van der Waals surface area (Å²) in [5, 5.41) is 11.6. The third kappa shape index (κ3) is 4.31. The van der Waals surface area contributed by atoms with Crippen molar-refractivity contribution < 1.29 is 23.4 Å². The number of carbonyl (C=O) groups is 1. The fourth-order valence-corrected chi connectivity index (χ4v) is 2.76. The Kier molecular flexibility index (Phi) is 5.75. The number of aliphatic hydroxyl groups is 1. The van der Waals surface area contributed by atoms with Gasteiger partial charge in [-0.15, -0.1) is 11.3 Å². The van der Waals surface area contributed by atoms with Crippen molar-refractivity contribution >= 4 is 17.2 Å². The topological polar surface area (TPSA) is 62.7 Å². The van der Waals surface area contributed by atoms with E-state index in [0.29, 0.717) is 10.6 Å². The monoisotopic (exact) mass is 342 g/mol. The first kappa shape index (κ1) is 17.5. The Morgan fingerprint density at radius 2 is 2.17 bits per heavy atom. The smallest absolute Gasteiger partial charge is 0.273 e. The number of nitrogens with zero attached hydrogens (tertiary/aromatic N) is 2. The summed E-state index contributed by atoms with van der Waals surface area (Å²) in [4.78, 5) is 17.7. The number of hydrogen-bond acceptors (Lipinski definition) is 5. The molecule has 1 atom stereocenters. The highest BCUT2D eigenvalue weighted by Gasteiger charge is 2.19. The highest BCUT2D eigenvalue weighted by Crippen LogP contribution is 2.25. The molecule has 0 aliphatic carbocycles. The molecule has 0 aliphatic heterocycles. The van der Waals surface area contributed by atoms with Crippen molar-refractivity contribution in [1.29, 1.82) is 0 Å². The Balaban J connectivity index is 2.11. The number of ether oxygens (including phenoxy) is 1. The van der Waals surface area contributed by atoms with Crippen molar-refractivity contribution in [2.24, 2.45) is 0 Å².